The number of carbonyl (C=O) groups is 2. The number of hydrogen-bond acceptors (Lipinski definition) is 7. The van der Waals surface area contributed by atoms with Crippen LogP contribution in [0, 0.1) is 0 Å². The third-order valence-corrected chi connectivity index (χ3v) is 6.19. The molecule has 0 aliphatic carbocycles. The van der Waals surface area contributed by atoms with Crippen LogP contribution >= 0.6 is 0 Å². The number of nitrogens with one attached hydrogen (secondary N) is 2. The second-order valence-electron chi connectivity index (χ2n) is 8.77. The first-order chi connectivity index (χ1) is 18.9. The van der Waals surface area contributed by atoms with E-state index in [1.807, 2.05) is 0 Å². The van der Waals surface area contributed by atoms with E-state index in [0.29, 0.717) is 53.2 Å². The molecular weight excluding hydrogens is 504 g/mol. The van der Waals surface area contributed by atoms with Gasteiger partial charge >= 0.3 is 5.69 Å². The molecule has 0 bridgehead atoms. The van der Waals surface area contributed by atoms with E-state index in [0.717, 1.165) is 4.57 Å². The van der Waals surface area contributed by atoms with Crippen LogP contribution in [0.4, 0.5) is 5.69 Å². The highest BCUT2D eigenvalue weighted by Crippen LogP contribution is 2.28. The van der Waals surface area contributed by atoms with E-state index in [1.165, 1.54) is 25.0 Å². The van der Waals surface area contributed by atoms with E-state index in [4.69, 9.17) is 13.9 Å². The Kier molecular flexibility index (Phi) is 8.82. The van der Waals surface area contributed by atoms with E-state index in [1.54, 1.807) is 54.6 Å². The highest BCUT2D eigenvalue weighted by molar-refractivity contribution is 5.93. The molecule has 2 aromatic carbocycles. The molecule has 0 saturated carbocycles. The highest BCUT2D eigenvalue weighted by atomic mass is 16.5. The van der Waals surface area contributed by atoms with Gasteiger partial charge in [-0.05, 0) is 49.2 Å². The monoisotopic (exact) mass is 534 g/mol. The molecule has 0 spiro atoms. The summed E-state index contributed by atoms with van der Waals surface area (Å²) in [5.74, 6) is 0.975. The molecule has 2 aromatic heterocycles. The van der Waals surface area contributed by atoms with E-state index >= 15 is 0 Å². The average molecular weight is 535 g/mol. The Morgan fingerprint density at radius 3 is 2.49 bits per heavy atom. The van der Waals surface area contributed by atoms with Gasteiger partial charge in [-0.25, -0.2) is 4.79 Å². The van der Waals surface area contributed by atoms with Crippen molar-refractivity contribution in [3.63, 3.8) is 0 Å². The third-order valence-electron chi connectivity index (χ3n) is 6.19. The predicted molar refractivity (Wildman–Crippen MR) is 145 cm³/mol. The van der Waals surface area contributed by atoms with Gasteiger partial charge in [-0.15, -0.1) is 0 Å². The summed E-state index contributed by atoms with van der Waals surface area (Å²) in [5, 5.41) is 5.84. The highest BCUT2D eigenvalue weighted by Gasteiger charge is 2.17. The van der Waals surface area contributed by atoms with Crippen LogP contribution in [0.15, 0.2) is 74.9 Å². The number of ether oxygens (including phenoxy) is 2. The first-order valence-electron chi connectivity index (χ1n) is 12.4. The van der Waals surface area contributed by atoms with Crippen molar-refractivity contribution in [1.29, 1.82) is 0 Å². The lowest BCUT2D eigenvalue weighted by Gasteiger charge is -2.15. The van der Waals surface area contributed by atoms with Crippen molar-refractivity contribution in [3.8, 4) is 11.5 Å². The number of para-hydroxylation sites is 1. The largest absolute Gasteiger partial charge is 0.497 e. The van der Waals surface area contributed by atoms with Gasteiger partial charge in [0, 0.05) is 19.0 Å². The average Bonchev–Trinajstić information content (AvgIpc) is 3.47. The molecule has 204 valence electrons. The van der Waals surface area contributed by atoms with Gasteiger partial charge in [0.1, 0.15) is 23.8 Å². The van der Waals surface area contributed by atoms with Gasteiger partial charge in [0.05, 0.1) is 43.6 Å². The fourth-order valence-corrected chi connectivity index (χ4v) is 4.21. The molecule has 0 fully saturated rings. The number of methoxy groups -OCH3 is 2. The Morgan fingerprint density at radius 2 is 1.74 bits per heavy atom. The summed E-state index contributed by atoms with van der Waals surface area (Å²) in [5.41, 5.74) is -0.301. The Balaban J connectivity index is 1.48. The minimum absolute atomic E-state index is 0.110. The molecule has 2 heterocycles. The molecule has 4 rings (SSSR count). The minimum atomic E-state index is -0.603. The first-order valence-corrected chi connectivity index (χ1v) is 12.4. The number of benzene rings is 2. The smallest absolute Gasteiger partial charge is 0.331 e. The summed E-state index contributed by atoms with van der Waals surface area (Å²) >= 11 is 0. The number of aromatic nitrogens is 2. The lowest BCUT2D eigenvalue weighted by molar-refractivity contribution is -0.121. The van der Waals surface area contributed by atoms with Crippen molar-refractivity contribution in [1.82, 2.24) is 14.5 Å². The fraction of sp³-hybridized carbons (Fsp3) is 0.286. The van der Waals surface area contributed by atoms with Crippen LogP contribution in [0.1, 0.15) is 25.0 Å². The topological polar surface area (TPSA) is 134 Å². The zero-order chi connectivity index (χ0) is 27.8. The summed E-state index contributed by atoms with van der Waals surface area (Å²) in [6.45, 7) is 0.0822. The number of unbranched alkanes of at least 4 members (excludes halogenated alkanes) is 1. The van der Waals surface area contributed by atoms with E-state index in [-0.39, 0.29) is 25.4 Å². The number of carbonyl (C=O) groups excluding carboxylic acids is 2. The van der Waals surface area contributed by atoms with E-state index in [9.17, 15) is 19.2 Å². The molecule has 11 nitrogen and oxygen atoms in total. The molecule has 0 saturated heterocycles. The molecule has 0 unspecified atom stereocenters. The van der Waals surface area contributed by atoms with Crippen LogP contribution in [-0.4, -0.2) is 35.2 Å². The number of rotatable bonds is 12. The van der Waals surface area contributed by atoms with Crippen LogP contribution in [-0.2, 0) is 29.2 Å². The SMILES string of the molecule is COc1ccc(OC)c(NC(=O)Cn2c(=O)n(CCCCC(=O)NCc3ccco3)c(=O)c3ccccc32)c1. The van der Waals surface area contributed by atoms with Gasteiger partial charge in [-0.2, -0.15) is 0 Å². The Labute approximate surface area is 224 Å². The van der Waals surface area contributed by atoms with Crippen molar-refractivity contribution in [2.45, 2.75) is 38.9 Å². The summed E-state index contributed by atoms with van der Waals surface area (Å²) < 4.78 is 18.1. The summed E-state index contributed by atoms with van der Waals surface area (Å²) in [4.78, 5) is 51.7. The van der Waals surface area contributed by atoms with Crippen molar-refractivity contribution >= 4 is 28.4 Å². The van der Waals surface area contributed by atoms with Crippen molar-refractivity contribution < 1.29 is 23.5 Å². The zero-order valence-electron chi connectivity index (χ0n) is 21.8. The van der Waals surface area contributed by atoms with Crippen molar-refractivity contribution in [2.75, 3.05) is 19.5 Å². The van der Waals surface area contributed by atoms with E-state index in [2.05, 4.69) is 10.6 Å². The normalized spacial score (nSPS) is 10.8. The molecule has 2 N–H and O–H groups in total. The summed E-state index contributed by atoms with van der Waals surface area (Å²) in [7, 11) is 2.99. The lowest BCUT2D eigenvalue weighted by Crippen LogP contribution is -2.41. The van der Waals surface area contributed by atoms with Crippen molar-refractivity contribution in [3.05, 3.63) is 87.5 Å². The molecule has 0 radical (unpaired) electrons. The Bertz CT molecular complexity index is 1570. The maximum absolute atomic E-state index is 13.4. The maximum Gasteiger partial charge on any atom is 0.331 e. The van der Waals surface area contributed by atoms with Gasteiger partial charge in [0.15, 0.2) is 0 Å². The Morgan fingerprint density at radius 1 is 0.923 bits per heavy atom. The Hall–Kier alpha value is -4.80. The standard InChI is InChI=1S/C28H30N4O7/c1-37-19-12-13-24(38-2)22(16-19)30-26(34)18-32-23-10-4-3-9-21(23)27(35)31(28(32)36)14-6-5-11-25(33)29-17-20-8-7-15-39-20/h3-4,7-10,12-13,15-16H,5-6,11,14,17-18H2,1-2H3,(H,29,33)(H,30,34). The second-order valence-corrected chi connectivity index (χ2v) is 8.77. The lowest BCUT2D eigenvalue weighted by atomic mass is 10.2. The fourth-order valence-electron chi connectivity index (χ4n) is 4.21. The molecule has 4 aromatic rings. The third kappa shape index (κ3) is 6.56. The van der Waals surface area contributed by atoms with Gasteiger partial charge < -0.3 is 24.5 Å². The molecule has 0 aliphatic heterocycles. The van der Waals surface area contributed by atoms with Gasteiger partial charge in [0.2, 0.25) is 11.8 Å². The predicted octanol–water partition coefficient (Wildman–Crippen LogP) is 2.90. The number of anilines is 1. The number of furan rings is 1. The molecule has 2 amide bonds. The first kappa shape index (κ1) is 27.2. The molecular formula is C28H30N4O7. The van der Waals surface area contributed by atoms with Crippen LogP contribution in [0.5, 0.6) is 11.5 Å². The number of hydrogen-bond donors (Lipinski definition) is 2. The van der Waals surface area contributed by atoms with Gasteiger partial charge in [-0.3, -0.25) is 23.5 Å². The summed E-state index contributed by atoms with van der Waals surface area (Å²) in [6.07, 6.45) is 2.67. The molecule has 0 aliphatic rings. The quantitative estimate of drug-likeness (QED) is 0.267. The molecule has 0 atom stereocenters. The minimum Gasteiger partial charge on any atom is -0.497 e. The zero-order valence-corrected chi connectivity index (χ0v) is 21.8. The van der Waals surface area contributed by atoms with Crippen LogP contribution in [0.25, 0.3) is 10.9 Å². The number of amides is 2. The summed E-state index contributed by atoms with van der Waals surface area (Å²) in [6, 6.07) is 15.1. The van der Waals surface area contributed by atoms with Crippen molar-refractivity contribution in [2.24, 2.45) is 0 Å². The van der Waals surface area contributed by atoms with Crippen LogP contribution in [0.3, 0.4) is 0 Å². The van der Waals surface area contributed by atoms with Crippen LogP contribution in [0.2, 0.25) is 0 Å². The van der Waals surface area contributed by atoms with Gasteiger partial charge in [0.25, 0.3) is 5.56 Å². The van der Waals surface area contributed by atoms with Gasteiger partial charge in [-0.1, -0.05) is 12.1 Å². The second kappa shape index (κ2) is 12.6. The van der Waals surface area contributed by atoms with E-state index < -0.39 is 17.2 Å². The maximum atomic E-state index is 13.4. The number of fused-ring (bicyclic) bond motifs is 1. The molecule has 39 heavy (non-hydrogen) atoms. The number of nitrogens with zero attached hydrogens (tertiary/aromatic N) is 2. The molecule has 11 heteroatoms. The van der Waals surface area contributed by atoms with Crippen LogP contribution < -0.4 is 31.4 Å².